The molecule has 1 unspecified atom stereocenters. The maximum absolute atomic E-state index is 12.9. The van der Waals surface area contributed by atoms with Gasteiger partial charge in [0.15, 0.2) is 0 Å². The Labute approximate surface area is 144 Å². The van der Waals surface area contributed by atoms with Gasteiger partial charge in [-0.25, -0.2) is 8.42 Å². The Balaban J connectivity index is 2.43. The summed E-state index contributed by atoms with van der Waals surface area (Å²) in [7, 11) is -3.59. The monoisotopic (exact) mass is 354 g/mol. The van der Waals surface area contributed by atoms with Crippen LogP contribution in [0.3, 0.4) is 0 Å². The van der Waals surface area contributed by atoms with E-state index >= 15 is 0 Å². The van der Waals surface area contributed by atoms with Crippen LogP contribution in [0.1, 0.15) is 24.5 Å². The summed E-state index contributed by atoms with van der Waals surface area (Å²) in [6.07, 6.45) is 1.57. The van der Waals surface area contributed by atoms with Crippen LogP contribution < -0.4 is 4.31 Å². The molecule has 134 valence electrons. The van der Waals surface area contributed by atoms with Crippen LogP contribution in [0.4, 0.5) is 5.69 Å². The first-order chi connectivity index (χ1) is 11.2. The number of benzene rings is 1. The highest BCUT2D eigenvalue weighted by Gasteiger charge is 2.34. The summed E-state index contributed by atoms with van der Waals surface area (Å²) in [4.78, 5) is 14.6. The third-order valence-electron chi connectivity index (χ3n) is 4.10. The Morgan fingerprint density at radius 1 is 1.21 bits per heavy atom. The third kappa shape index (κ3) is 4.27. The molecule has 1 aromatic carbocycles. The van der Waals surface area contributed by atoms with E-state index in [-0.39, 0.29) is 5.91 Å². The Hall–Kier alpha value is -1.60. The molecular weight excluding hydrogens is 328 g/mol. The van der Waals surface area contributed by atoms with Gasteiger partial charge in [-0.15, -0.1) is 0 Å². The Morgan fingerprint density at radius 3 is 2.21 bits per heavy atom. The molecule has 0 spiro atoms. The molecule has 1 saturated heterocycles. The lowest BCUT2D eigenvalue weighted by Crippen LogP contribution is -2.53. The lowest BCUT2D eigenvalue weighted by atomic mass is 10.1. The van der Waals surface area contributed by atoms with Crippen molar-refractivity contribution < 1.29 is 17.9 Å². The topological polar surface area (TPSA) is 66.9 Å². The second-order valence-corrected chi connectivity index (χ2v) is 8.13. The van der Waals surface area contributed by atoms with Gasteiger partial charge in [-0.1, -0.05) is 13.0 Å². The van der Waals surface area contributed by atoms with E-state index in [0.717, 1.165) is 17.4 Å². The highest BCUT2D eigenvalue weighted by molar-refractivity contribution is 7.92. The van der Waals surface area contributed by atoms with Crippen molar-refractivity contribution in [2.45, 2.75) is 33.2 Å². The highest BCUT2D eigenvalue weighted by Crippen LogP contribution is 2.26. The van der Waals surface area contributed by atoms with Crippen molar-refractivity contribution in [3.63, 3.8) is 0 Å². The van der Waals surface area contributed by atoms with Crippen LogP contribution in [-0.2, 0) is 19.6 Å². The number of hydrogen-bond acceptors (Lipinski definition) is 4. The second-order valence-electron chi connectivity index (χ2n) is 6.27. The minimum atomic E-state index is -3.59. The number of hydrogen-bond donors (Lipinski definition) is 0. The summed E-state index contributed by atoms with van der Waals surface area (Å²) in [5.74, 6) is -0.162. The van der Waals surface area contributed by atoms with Crippen LogP contribution in [0.25, 0.3) is 0 Å². The number of sulfonamides is 1. The lowest BCUT2D eigenvalue weighted by molar-refractivity contribution is -0.136. The van der Waals surface area contributed by atoms with Gasteiger partial charge in [-0.3, -0.25) is 9.10 Å². The maximum Gasteiger partial charge on any atom is 0.246 e. The summed E-state index contributed by atoms with van der Waals surface area (Å²) in [5.41, 5.74) is 2.48. The summed E-state index contributed by atoms with van der Waals surface area (Å²) in [5, 5.41) is 0. The van der Waals surface area contributed by atoms with Crippen molar-refractivity contribution in [2.75, 3.05) is 36.9 Å². The van der Waals surface area contributed by atoms with Gasteiger partial charge in [0.2, 0.25) is 15.9 Å². The molecule has 24 heavy (non-hydrogen) atoms. The number of aryl methyl sites for hydroxylation is 2. The summed E-state index contributed by atoms with van der Waals surface area (Å²) in [6.45, 7) is 7.65. The van der Waals surface area contributed by atoms with Crippen molar-refractivity contribution in [1.82, 2.24) is 4.90 Å². The Morgan fingerprint density at radius 2 is 1.75 bits per heavy atom. The van der Waals surface area contributed by atoms with Gasteiger partial charge in [-0.05, 0) is 43.5 Å². The number of carbonyl (C=O) groups is 1. The maximum atomic E-state index is 12.9. The average molecular weight is 354 g/mol. The van der Waals surface area contributed by atoms with Crippen molar-refractivity contribution in [1.29, 1.82) is 0 Å². The van der Waals surface area contributed by atoms with E-state index in [2.05, 4.69) is 0 Å². The molecule has 1 aromatic rings. The molecule has 1 aliphatic heterocycles. The SMILES string of the molecule is CCC(C(=O)N1CCOCC1)N(c1cc(C)cc(C)c1)S(C)(=O)=O. The van der Waals surface area contributed by atoms with Crippen LogP contribution in [-0.4, -0.2) is 57.8 Å². The molecule has 6 nitrogen and oxygen atoms in total. The van der Waals surface area contributed by atoms with E-state index in [4.69, 9.17) is 4.74 Å². The van der Waals surface area contributed by atoms with E-state index in [1.54, 1.807) is 4.90 Å². The molecule has 1 aliphatic rings. The standard InChI is InChI=1S/C17H26N2O4S/c1-5-16(17(20)18-6-8-23-9-7-18)19(24(4,21)22)15-11-13(2)10-14(3)12-15/h10-12,16H,5-9H2,1-4H3. The van der Waals surface area contributed by atoms with Gasteiger partial charge in [0.05, 0.1) is 25.2 Å². The predicted octanol–water partition coefficient (Wildman–Crippen LogP) is 1.71. The van der Waals surface area contributed by atoms with E-state index < -0.39 is 16.1 Å². The van der Waals surface area contributed by atoms with Gasteiger partial charge in [0.1, 0.15) is 6.04 Å². The van der Waals surface area contributed by atoms with E-state index in [1.165, 1.54) is 4.31 Å². The fourth-order valence-electron chi connectivity index (χ4n) is 3.12. The van der Waals surface area contributed by atoms with Crippen molar-refractivity contribution in [3.8, 4) is 0 Å². The molecule has 0 radical (unpaired) electrons. The second kappa shape index (κ2) is 7.53. The molecule has 0 saturated carbocycles. The van der Waals surface area contributed by atoms with Crippen molar-refractivity contribution in [2.24, 2.45) is 0 Å². The van der Waals surface area contributed by atoms with Crippen LogP contribution in [0.2, 0.25) is 0 Å². The van der Waals surface area contributed by atoms with E-state index in [1.807, 2.05) is 39.0 Å². The number of nitrogens with zero attached hydrogens (tertiary/aromatic N) is 2. The van der Waals surface area contributed by atoms with Gasteiger partial charge < -0.3 is 9.64 Å². The van der Waals surface area contributed by atoms with Crippen molar-refractivity contribution in [3.05, 3.63) is 29.3 Å². The molecule has 1 heterocycles. The molecule has 7 heteroatoms. The average Bonchev–Trinajstić information content (AvgIpc) is 2.50. The molecule has 1 amide bonds. The first kappa shape index (κ1) is 18.7. The fourth-order valence-corrected chi connectivity index (χ4v) is 4.31. The summed E-state index contributed by atoms with van der Waals surface area (Å²) < 4.78 is 31.5. The summed E-state index contributed by atoms with van der Waals surface area (Å²) >= 11 is 0. The van der Waals surface area contributed by atoms with Crippen LogP contribution in [0.5, 0.6) is 0 Å². The minimum Gasteiger partial charge on any atom is -0.378 e. The number of anilines is 1. The molecule has 0 aromatic heterocycles. The zero-order valence-electron chi connectivity index (χ0n) is 14.8. The van der Waals surface area contributed by atoms with Gasteiger partial charge in [-0.2, -0.15) is 0 Å². The largest absolute Gasteiger partial charge is 0.378 e. The Kier molecular flexibility index (Phi) is 5.87. The first-order valence-corrected chi connectivity index (χ1v) is 10.0. The first-order valence-electron chi connectivity index (χ1n) is 8.18. The van der Waals surface area contributed by atoms with Crippen LogP contribution >= 0.6 is 0 Å². The quantitative estimate of drug-likeness (QED) is 0.807. The molecule has 0 N–H and O–H groups in total. The molecule has 2 rings (SSSR count). The zero-order chi connectivity index (χ0) is 17.9. The van der Waals surface area contributed by atoms with Gasteiger partial charge in [0, 0.05) is 13.1 Å². The fraction of sp³-hybridized carbons (Fsp3) is 0.588. The van der Waals surface area contributed by atoms with Crippen LogP contribution in [0, 0.1) is 13.8 Å². The molecule has 1 fully saturated rings. The molecule has 1 atom stereocenters. The van der Waals surface area contributed by atoms with Gasteiger partial charge >= 0.3 is 0 Å². The number of amides is 1. The smallest absolute Gasteiger partial charge is 0.246 e. The van der Waals surface area contributed by atoms with E-state index in [0.29, 0.717) is 38.4 Å². The number of morpholine rings is 1. The van der Waals surface area contributed by atoms with Crippen LogP contribution in [0.15, 0.2) is 18.2 Å². The number of carbonyl (C=O) groups excluding carboxylic acids is 1. The predicted molar refractivity (Wildman–Crippen MR) is 94.7 cm³/mol. The van der Waals surface area contributed by atoms with Gasteiger partial charge in [0.25, 0.3) is 0 Å². The Bertz CT molecular complexity index is 676. The summed E-state index contributed by atoms with van der Waals surface area (Å²) in [6, 6.07) is 4.86. The number of rotatable bonds is 5. The number of ether oxygens (including phenoxy) is 1. The third-order valence-corrected chi connectivity index (χ3v) is 5.28. The molecular formula is C17H26N2O4S. The zero-order valence-corrected chi connectivity index (χ0v) is 15.6. The minimum absolute atomic E-state index is 0.162. The highest BCUT2D eigenvalue weighted by atomic mass is 32.2. The van der Waals surface area contributed by atoms with Crippen molar-refractivity contribution >= 4 is 21.6 Å². The van der Waals surface area contributed by atoms with E-state index in [9.17, 15) is 13.2 Å². The lowest BCUT2D eigenvalue weighted by Gasteiger charge is -2.35. The normalized spacial score (nSPS) is 16.8. The molecule has 0 aliphatic carbocycles. The molecule has 0 bridgehead atoms.